The SMILES string of the molecule is CC[C@@H]1CCCC[C@H]1NC(=O)CCc1nc(-c2ccncc2)no1. The highest BCUT2D eigenvalue weighted by atomic mass is 16.5. The van der Waals surface area contributed by atoms with Gasteiger partial charge in [0.1, 0.15) is 0 Å². The summed E-state index contributed by atoms with van der Waals surface area (Å²) in [5.41, 5.74) is 0.859. The summed E-state index contributed by atoms with van der Waals surface area (Å²) in [5, 5.41) is 7.15. The van der Waals surface area contributed by atoms with Gasteiger partial charge in [0.05, 0.1) is 0 Å². The molecule has 1 N–H and O–H groups in total. The van der Waals surface area contributed by atoms with Crippen molar-refractivity contribution in [3.8, 4) is 11.4 Å². The molecule has 1 amide bonds. The summed E-state index contributed by atoms with van der Waals surface area (Å²) in [4.78, 5) is 20.5. The predicted molar refractivity (Wildman–Crippen MR) is 90.0 cm³/mol. The van der Waals surface area contributed by atoms with Gasteiger partial charge >= 0.3 is 0 Å². The van der Waals surface area contributed by atoms with Crippen LogP contribution >= 0.6 is 0 Å². The minimum atomic E-state index is 0.0732. The number of aromatic nitrogens is 3. The molecule has 0 aromatic carbocycles. The van der Waals surface area contributed by atoms with Crippen LogP contribution in [0.4, 0.5) is 0 Å². The number of pyridine rings is 1. The standard InChI is InChI=1S/C18H24N4O2/c1-2-13-5-3-4-6-15(13)20-16(23)7-8-17-21-18(22-24-17)14-9-11-19-12-10-14/h9-13,15H,2-8H2,1H3,(H,20,23)/t13-,15-/m1/s1. The molecule has 2 aromatic rings. The smallest absolute Gasteiger partial charge is 0.227 e. The first-order valence-corrected chi connectivity index (χ1v) is 8.78. The zero-order valence-corrected chi connectivity index (χ0v) is 14.1. The largest absolute Gasteiger partial charge is 0.353 e. The first kappa shape index (κ1) is 16.6. The number of nitrogens with one attached hydrogen (secondary N) is 1. The number of amides is 1. The van der Waals surface area contributed by atoms with E-state index >= 15 is 0 Å². The number of hydrogen-bond donors (Lipinski definition) is 1. The summed E-state index contributed by atoms with van der Waals surface area (Å²) >= 11 is 0. The van der Waals surface area contributed by atoms with E-state index in [0.717, 1.165) is 18.4 Å². The molecule has 2 atom stereocenters. The number of hydrogen-bond acceptors (Lipinski definition) is 5. The lowest BCUT2D eigenvalue weighted by atomic mass is 9.83. The van der Waals surface area contributed by atoms with Crippen LogP contribution in [-0.4, -0.2) is 27.1 Å². The third-order valence-corrected chi connectivity index (χ3v) is 4.75. The third-order valence-electron chi connectivity index (χ3n) is 4.75. The molecule has 2 aromatic heterocycles. The van der Waals surface area contributed by atoms with E-state index in [4.69, 9.17) is 4.52 Å². The second-order valence-corrected chi connectivity index (χ2v) is 6.37. The number of nitrogens with zero attached hydrogens (tertiary/aromatic N) is 3. The van der Waals surface area contributed by atoms with Crippen LogP contribution in [0.2, 0.25) is 0 Å². The Morgan fingerprint density at radius 1 is 1.29 bits per heavy atom. The monoisotopic (exact) mass is 328 g/mol. The van der Waals surface area contributed by atoms with Crippen LogP contribution in [0.1, 0.15) is 51.3 Å². The summed E-state index contributed by atoms with van der Waals surface area (Å²) in [6.07, 6.45) is 10.2. The quantitative estimate of drug-likeness (QED) is 0.881. The first-order valence-electron chi connectivity index (χ1n) is 8.78. The third kappa shape index (κ3) is 4.19. The van der Waals surface area contributed by atoms with E-state index < -0.39 is 0 Å². The van der Waals surface area contributed by atoms with Crippen molar-refractivity contribution in [2.45, 2.75) is 57.9 Å². The van der Waals surface area contributed by atoms with Crippen molar-refractivity contribution >= 4 is 5.91 Å². The number of aryl methyl sites for hydroxylation is 1. The van der Waals surface area contributed by atoms with Crippen LogP contribution < -0.4 is 5.32 Å². The van der Waals surface area contributed by atoms with Crippen LogP contribution in [0.25, 0.3) is 11.4 Å². The Morgan fingerprint density at radius 3 is 2.88 bits per heavy atom. The Labute approximate surface area is 142 Å². The van der Waals surface area contributed by atoms with Gasteiger partial charge in [0.2, 0.25) is 17.6 Å². The van der Waals surface area contributed by atoms with Gasteiger partial charge in [-0.15, -0.1) is 0 Å². The highest BCUT2D eigenvalue weighted by molar-refractivity contribution is 5.76. The maximum Gasteiger partial charge on any atom is 0.227 e. The van der Waals surface area contributed by atoms with Gasteiger partial charge in [-0.3, -0.25) is 9.78 Å². The molecule has 0 saturated heterocycles. The van der Waals surface area contributed by atoms with Crippen molar-refractivity contribution in [3.63, 3.8) is 0 Å². The fraction of sp³-hybridized carbons (Fsp3) is 0.556. The van der Waals surface area contributed by atoms with Gasteiger partial charge in [-0.05, 0) is 30.9 Å². The highest BCUT2D eigenvalue weighted by Crippen LogP contribution is 2.26. The van der Waals surface area contributed by atoms with Gasteiger partial charge in [0.15, 0.2) is 0 Å². The lowest BCUT2D eigenvalue weighted by Gasteiger charge is -2.31. The fourth-order valence-corrected chi connectivity index (χ4v) is 3.36. The molecule has 0 bridgehead atoms. The average molecular weight is 328 g/mol. The van der Waals surface area contributed by atoms with Gasteiger partial charge in [0, 0.05) is 36.8 Å². The van der Waals surface area contributed by atoms with E-state index in [-0.39, 0.29) is 5.91 Å². The molecule has 6 heteroatoms. The Kier molecular flexibility index (Phi) is 5.56. The molecule has 1 aliphatic carbocycles. The van der Waals surface area contributed by atoms with Gasteiger partial charge in [-0.25, -0.2) is 0 Å². The van der Waals surface area contributed by atoms with E-state index in [1.54, 1.807) is 12.4 Å². The van der Waals surface area contributed by atoms with Crippen LogP contribution in [0.5, 0.6) is 0 Å². The Balaban J connectivity index is 1.50. The second-order valence-electron chi connectivity index (χ2n) is 6.37. The lowest BCUT2D eigenvalue weighted by Crippen LogP contribution is -2.42. The lowest BCUT2D eigenvalue weighted by molar-refractivity contribution is -0.122. The van der Waals surface area contributed by atoms with E-state index in [0.29, 0.717) is 36.5 Å². The van der Waals surface area contributed by atoms with Crippen molar-refractivity contribution in [3.05, 3.63) is 30.4 Å². The molecule has 0 aliphatic heterocycles. The summed E-state index contributed by atoms with van der Waals surface area (Å²) in [6.45, 7) is 2.20. The number of carbonyl (C=O) groups is 1. The van der Waals surface area contributed by atoms with Crippen molar-refractivity contribution in [1.82, 2.24) is 20.4 Å². The maximum atomic E-state index is 12.2. The fourth-order valence-electron chi connectivity index (χ4n) is 3.36. The minimum absolute atomic E-state index is 0.0732. The Hall–Kier alpha value is -2.24. The number of carbonyl (C=O) groups excluding carboxylic acids is 1. The molecule has 1 saturated carbocycles. The zero-order chi connectivity index (χ0) is 16.8. The molecule has 6 nitrogen and oxygen atoms in total. The van der Waals surface area contributed by atoms with Crippen molar-refractivity contribution in [1.29, 1.82) is 0 Å². The molecular weight excluding hydrogens is 304 g/mol. The maximum absolute atomic E-state index is 12.2. The minimum Gasteiger partial charge on any atom is -0.353 e. The van der Waals surface area contributed by atoms with Crippen LogP contribution in [0.15, 0.2) is 29.0 Å². The molecule has 128 valence electrons. The van der Waals surface area contributed by atoms with E-state index in [1.165, 1.54) is 19.3 Å². The van der Waals surface area contributed by atoms with Crippen molar-refractivity contribution in [2.75, 3.05) is 0 Å². The molecule has 3 rings (SSSR count). The molecule has 24 heavy (non-hydrogen) atoms. The number of rotatable bonds is 6. The molecule has 0 spiro atoms. The Bertz CT molecular complexity index is 656. The first-order chi connectivity index (χ1) is 11.8. The average Bonchev–Trinajstić information content (AvgIpc) is 3.10. The topological polar surface area (TPSA) is 80.9 Å². The second kappa shape index (κ2) is 8.04. The van der Waals surface area contributed by atoms with E-state index in [1.807, 2.05) is 12.1 Å². The molecule has 0 radical (unpaired) electrons. The normalized spacial score (nSPS) is 20.7. The molecule has 1 aliphatic rings. The van der Waals surface area contributed by atoms with E-state index in [9.17, 15) is 4.79 Å². The summed E-state index contributed by atoms with van der Waals surface area (Å²) in [5.74, 6) is 1.71. The zero-order valence-electron chi connectivity index (χ0n) is 14.1. The summed E-state index contributed by atoms with van der Waals surface area (Å²) in [7, 11) is 0. The van der Waals surface area contributed by atoms with Crippen LogP contribution in [0.3, 0.4) is 0 Å². The predicted octanol–water partition coefficient (Wildman–Crippen LogP) is 3.15. The van der Waals surface area contributed by atoms with Gasteiger partial charge in [0.25, 0.3) is 0 Å². The summed E-state index contributed by atoms with van der Waals surface area (Å²) in [6, 6.07) is 3.98. The Morgan fingerprint density at radius 2 is 2.08 bits per heavy atom. The van der Waals surface area contributed by atoms with Crippen LogP contribution in [-0.2, 0) is 11.2 Å². The van der Waals surface area contributed by atoms with Gasteiger partial charge in [-0.1, -0.05) is 31.3 Å². The summed E-state index contributed by atoms with van der Waals surface area (Å²) < 4.78 is 5.24. The van der Waals surface area contributed by atoms with Gasteiger partial charge in [-0.2, -0.15) is 4.98 Å². The highest BCUT2D eigenvalue weighted by Gasteiger charge is 2.25. The van der Waals surface area contributed by atoms with Crippen LogP contribution in [0, 0.1) is 5.92 Å². The molecule has 1 fully saturated rings. The molecular formula is C18H24N4O2. The van der Waals surface area contributed by atoms with E-state index in [2.05, 4.69) is 27.4 Å². The van der Waals surface area contributed by atoms with Gasteiger partial charge < -0.3 is 9.84 Å². The van der Waals surface area contributed by atoms with Crippen molar-refractivity contribution < 1.29 is 9.32 Å². The molecule has 0 unspecified atom stereocenters. The molecule has 2 heterocycles. The van der Waals surface area contributed by atoms with Crippen molar-refractivity contribution in [2.24, 2.45) is 5.92 Å².